The summed E-state index contributed by atoms with van der Waals surface area (Å²) in [6, 6.07) is 19.5. The molecular weight excluding hydrogens is 586 g/mol. The van der Waals surface area contributed by atoms with Gasteiger partial charge in [-0.15, -0.1) is 0 Å². The van der Waals surface area contributed by atoms with Crippen molar-refractivity contribution in [1.29, 1.82) is 0 Å². The number of methoxy groups -OCH3 is 1. The Bertz CT molecular complexity index is 1460. The summed E-state index contributed by atoms with van der Waals surface area (Å²) in [5.41, 5.74) is 2.47. The summed E-state index contributed by atoms with van der Waals surface area (Å²) in [6.07, 6.45) is 3.64. The van der Waals surface area contributed by atoms with Crippen molar-refractivity contribution < 1.29 is 22.7 Å². The molecule has 0 atom stereocenters. The molecule has 1 heterocycles. The van der Waals surface area contributed by atoms with Gasteiger partial charge in [-0.1, -0.05) is 68.3 Å². The first kappa shape index (κ1) is 32.8. The number of rotatable bonds is 14. The van der Waals surface area contributed by atoms with E-state index in [1.54, 1.807) is 43.5 Å². The van der Waals surface area contributed by atoms with Gasteiger partial charge >= 0.3 is 0 Å². The van der Waals surface area contributed by atoms with Crippen LogP contribution in [0.15, 0.2) is 71.6 Å². The number of carbonyl (C=O) groups is 1. The topological polar surface area (TPSA) is 88.2 Å². The molecule has 1 amide bonds. The van der Waals surface area contributed by atoms with Crippen molar-refractivity contribution in [2.24, 2.45) is 5.92 Å². The number of nitrogens with one attached hydrogen (secondary N) is 1. The normalized spacial score (nSPS) is 14.2. The van der Waals surface area contributed by atoms with Crippen LogP contribution in [0.25, 0.3) is 0 Å². The van der Waals surface area contributed by atoms with Crippen LogP contribution in [-0.2, 0) is 34.5 Å². The third-order valence-corrected chi connectivity index (χ3v) is 9.50. The largest absolute Gasteiger partial charge is 0.493 e. The smallest absolute Gasteiger partial charge is 0.243 e. The zero-order valence-electron chi connectivity index (χ0n) is 25.2. The van der Waals surface area contributed by atoms with Crippen molar-refractivity contribution in [2.75, 3.05) is 33.4 Å². The molecule has 0 spiro atoms. The third-order valence-electron chi connectivity index (χ3n) is 7.33. The maximum Gasteiger partial charge on any atom is 0.243 e. The molecule has 1 aliphatic heterocycles. The number of hydrogen-bond donors (Lipinski definition) is 1. The van der Waals surface area contributed by atoms with Crippen LogP contribution in [0.5, 0.6) is 11.5 Å². The molecule has 0 aromatic heterocycles. The number of ether oxygens (including phenoxy) is 2. The Morgan fingerprint density at radius 2 is 1.67 bits per heavy atom. The molecule has 3 aromatic carbocycles. The van der Waals surface area contributed by atoms with Crippen molar-refractivity contribution >= 4 is 27.5 Å². The van der Waals surface area contributed by atoms with Gasteiger partial charge in [0.2, 0.25) is 15.9 Å². The second-order valence-corrected chi connectivity index (χ2v) is 13.7. The van der Waals surface area contributed by atoms with Crippen molar-refractivity contribution in [3.63, 3.8) is 0 Å². The van der Waals surface area contributed by atoms with Crippen LogP contribution in [0.3, 0.4) is 0 Å². The monoisotopic (exact) mass is 627 g/mol. The van der Waals surface area contributed by atoms with Gasteiger partial charge < -0.3 is 14.8 Å². The molecular formula is C33H42ClN3O5S. The van der Waals surface area contributed by atoms with E-state index in [4.69, 9.17) is 21.1 Å². The average molecular weight is 628 g/mol. The molecule has 1 saturated heterocycles. The quantitative estimate of drug-likeness (QED) is 0.240. The van der Waals surface area contributed by atoms with Crippen molar-refractivity contribution in [2.45, 2.75) is 57.6 Å². The summed E-state index contributed by atoms with van der Waals surface area (Å²) < 4.78 is 40.5. The molecule has 3 aromatic rings. The van der Waals surface area contributed by atoms with Crippen LogP contribution in [0.1, 0.15) is 49.8 Å². The Labute approximate surface area is 261 Å². The van der Waals surface area contributed by atoms with E-state index < -0.39 is 15.9 Å². The highest BCUT2D eigenvalue weighted by Gasteiger charge is 2.28. The predicted molar refractivity (Wildman–Crippen MR) is 170 cm³/mol. The maximum atomic E-state index is 14.0. The number of carbonyl (C=O) groups excluding carboxylic acids is 1. The molecule has 0 aliphatic carbocycles. The Kier molecular flexibility index (Phi) is 11.9. The number of hydrogen-bond acceptors (Lipinski definition) is 6. The lowest BCUT2D eigenvalue weighted by atomic mass is 10.1. The molecule has 10 heteroatoms. The highest BCUT2D eigenvalue weighted by molar-refractivity contribution is 7.89. The van der Waals surface area contributed by atoms with E-state index in [1.807, 2.05) is 30.3 Å². The van der Waals surface area contributed by atoms with E-state index in [9.17, 15) is 13.2 Å². The molecule has 1 N–H and O–H groups in total. The van der Waals surface area contributed by atoms with E-state index in [0.29, 0.717) is 34.6 Å². The molecule has 8 nitrogen and oxygen atoms in total. The van der Waals surface area contributed by atoms with E-state index >= 15 is 0 Å². The first-order valence-corrected chi connectivity index (χ1v) is 16.6. The maximum absolute atomic E-state index is 14.0. The summed E-state index contributed by atoms with van der Waals surface area (Å²) in [7, 11) is -2.48. The minimum atomic E-state index is -4.03. The van der Waals surface area contributed by atoms with Gasteiger partial charge in [0.1, 0.15) is 0 Å². The highest BCUT2D eigenvalue weighted by atomic mass is 35.5. The number of piperidine rings is 1. The van der Waals surface area contributed by atoms with Gasteiger partial charge in [0.25, 0.3) is 0 Å². The SMILES string of the molecule is COc1cc(CN(CC(=O)NCc2ccccc2Cl)S(=O)(=O)c2ccc(CN3CCCCC3)cc2)ccc1OCC(C)C. The molecule has 1 fully saturated rings. The second kappa shape index (κ2) is 15.6. The molecule has 4 rings (SSSR count). The fourth-order valence-electron chi connectivity index (χ4n) is 4.96. The Hall–Kier alpha value is -3.11. The zero-order valence-corrected chi connectivity index (χ0v) is 26.8. The van der Waals surface area contributed by atoms with Gasteiger partial charge in [0, 0.05) is 24.7 Å². The van der Waals surface area contributed by atoms with E-state index in [1.165, 1.54) is 23.6 Å². The average Bonchev–Trinajstić information content (AvgIpc) is 3.00. The first-order valence-electron chi connectivity index (χ1n) is 14.8. The van der Waals surface area contributed by atoms with Crippen LogP contribution >= 0.6 is 11.6 Å². The van der Waals surface area contributed by atoms with Gasteiger partial charge in [-0.3, -0.25) is 9.69 Å². The number of sulfonamides is 1. The van der Waals surface area contributed by atoms with E-state index in [-0.39, 0.29) is 24.5 Å². The lowest BCUT2D eigenvalue weighted by Crippen LogP contribution is -2.40. The van der Waals surface area contributed by atoms with Gasteiger partial charge in [0.05, 0.1) is 25.2 Å². The van der Waals surface area contributed by atoms with Crippen molar-refractivity contribution in [1.82, 2.24) is 14.5 Å². The standard InChI is InChI=1S/C33H42ClN3O5S/c1-25(2)24-42-31-16-13-27(19-32(31)41-3)22-37(23-33(38)35-20-28-9-5-6-10-30(28)34)43(39,40)29-14-11-26(12-15-29)21-36-17-7-4-8-18-36/h5-6,9-16,19,25H,4,7-8,17-18,20-24H2,1-3H3,(H,35,38). The van der Waals surface area contributed by atoms with Crippen LogP contribution in [0.2, 0.25) is 5.02 Å². The number of benzene rings is 3. The molecule has 1 aliphatic rings. The lowest BCUT2D eigenvalue weighted by Gasteiger charge is -2.26. The predicted octanol–water partition coefficient (Wildman–Crippen LogP) is 5.88. The lowest BCUT2D eigenvalue weighted by molar-refractivity contribution is -0.121. The van der Waals surface area contributed by atoms with Crippen LogP contribution in [0.4, 0.5) is 0 Å². The molecule has 0 bridgehead atoms. The first-order chi connectivity index (χ1) is 20.7. The third kappa shape index (κ3) is 9.44. The van der Waals surface area contributed by atoms with Crippen molar-refractivity contribution in [3.8, 4) is 11.5 Å². The number of likely N-dealkylation sites (tertiary alicyclic amines) is 1. The van der Waals surface area contributed by atoms with Crippen LogP contribution in [0, 0.1) is 5.92 Å². The Morgan fingerprint density at radius 3 is 2.35 bits per heavy atom. The van der Waals surface area contributed by atoms with Gasteiger partial charge in [-0.25, -0.2) is 8.42 Å². The molecule has 0 unspecified atom stereocenters. The Morgan fingerprint density at radius 1 is 0.977 bits per heavy atom. The fourth-order valence-corrected chi connectivity index (χ4v) is 6.55. The van der Waals surface area contributed by atoms with E-state index in [2.05, 4.69) is 24.1 Å². The minimum absolute atomic E-state index is 0.0296. The zero-order chi connectivity index (χ0) is 30.8. The van der Waals surface area contributed by atoms with Gasteiger partial charge in [-0.2, -0.15) is 4.31 Å². The molecule has 0 radical (unpaired) electrons. The fraction of sp³-hybridized carbons (Fsp3) is 0.424. The van der Waals surface area contributed by atoms with Crippen molar-refractivity contribution in [3.05, 3.63) is 88.4 Å². The van der Waals surface area contributed by atoms with Crippen LogP contribution in [-0.4, -0.2) is 56.9 Å². The summed E-state index contributed by atoms with van der Waals surface area (Å²) >= 11 is 6.25. The molecule has 0 saturated carbocycles. The summed E-state index contributed by atoms with van der Waals surface area (Å²) in [5.74, 6) is 0.978. The Balaban J connectivity index is 1.54. The number of halogens is 1. The second-order valence-electron chi connectivity index (χ2n) is 11.3. The minimum Gasteiger partial charge on any atom is -0.493 e. The summed E-state index contributed by atoms with van der Waals surface area (Å²) in [6.45, 7) is 7.34. The van der Waals surface area contributed by atoms with Gasteiger partial charge in [-0.05, 0) is 78.9 Å². The molecule has 232 valence electrons. The summed E-state index contributed by atoms with van der Waals surface area (Å²) in [4.78, 5) is 15.6. The number of nitrogens with zero attached hydrogens (tertiary/aromatic N) is 2. The van der Waals surface area contributed by atoms with Gasteiger partial charge in [0.15, 0.2) is 11.5 Å². The number of amides is 1. The van der Waals surface area contributed by atoms with Crippen LogP contribution < -0.4 is 14.8 Å². The molecule has 43 heavy (non-hydrogen) atoms. The summed E-state index contributed by atoms with van der Waals surface area (Å²) in [5, 5.41) is 3.34. The highest BCUT2D eigenvalue weighted by Crippen LogP contribution is 2.30. The van der Waals surface area contributed by atoms with E-state index in [0.717, 1.165) is 30.8 Å².